The van der Waals surface area contributed by atoms with Gasteiger partial charge in [0.25, 0.3) is 0 Å². The summed E-state index contributed by atoms with van der Waals surface area (Å²) in [5.41, 5.74) is 2.94. The molecule has 0 radical (unpaired) electrons. The number of pyridine rings is 1. The summed E-state index contributed by atoms with van der Waals surface area (Å²) >= 11 is 0. The van der Waals surface area contributed by atoms with Gasteiger partial charge in [-0.2, -0.15) is 5.10 Å². The zero-order valence-electron chi connectivity index (χ0n) is 16.7. The van der Waals surface area contributed by atoms with E-state index < -0.39 is 0 Å². The molecule has 6 nitrogen and oxygen atoms in total. The van der Waals surface area contributed by atoms with Crippen LogP contribution in [0.15, 0.2) is 48.7 Å². The van der Waals surface area contributed by atoms with Crippen LogP contribution in [0, 0.1) is 0 Å². The van der Waals surface area contributed by atoms with Crippen molar-refractivity contribution < 1.29 is 4.79 Å². The molecule has 2 aromatic heterocycles. The zero-order chi connectivity index (χ0) is 19.9. The lowest BCUT2D eigenvalue weighted by Crippen LogP contribution is -2.37. The smallest absolute Gasteiger partial charge is 0.320 e. The molecule has 6 heteroatoms. The molecular weight excluding hydrogens is 350 g/mol. The van der Waals surface area contributed by atoms with Crippen LogP contribution in [0.25, 0.3) is 10.9 Å². The van der Waals surface area contributed by atoms with E-state index in [-0.39, 0.29) is 12.1 Å². The molecular formula is C22H29N5O. The molecule has 0 aliphatic heterocycles. The molecule has 0 bridgehead atoms. The maximum atomic E-state index is 12.4. The number of rotatable bonds is 7. The lowest BCUT2D eigenvalue weighted by molar-refractivity contribution is 0.250. The van der Waals surface area contributed by atoms with Crippen LogP contribution in [0.2, 0.25) is 0 Å². The number of carbonyl (C=O) groups is 1. The van der Waals surface area contributed by atoms with Gasteiger partial charge in [0.1, 0.15) is 5.82 Å². The average Bonchev–Trinajstić information content (AvgIpc) is 3.34. The first-order valence-electron chi connectivity index (χ1n) is 10.0. The van der Waals surface area contributed by atoms with Gasteiger partial charge in [-0.15, -0.1) is 0 Å². The molecule has 1 unspecified atom stereocenters. The number of aromatic nitrogens is 3. The second kappa shape index (κ2) is 9.35. The molecule has 148 valence electrons. The van der Waals surface area contributed by atoms with Gasteiger partial charge in [-0.1, -0.05) is 50.6 Å². The maximum absolute atomic E-state index is 12.4. The summed E-state index contributed by atoms with van der Waals surface area (Å²) in [7, 11) is 0. The molecule has 0 saturated heterocycles. The van der Waals surface area contributed by atoms with Crippen LogP contribution in [-0.2, 0) is 0 Å². The summed E-state index contributed by atoms with van der Waals surface area (Å²) in [6.45, 7) is 7.82. The number of anilines is 1. The minimum atomic E-state index is -0.307. The van der Waals surface area contributed by atoms with E-state index in [0.29, 0.717) is 11.7 Å². The van der Waals surface area contributed by atoms with Crippen molar-refractivity contribution in [1.29, 1.82) is 0 Å². The van der Waals surface area contributed by atoms with E-state index in [9.17, 15) is 4.79 Å². The van der Waals surface area contributed by atoms with Crippen LogP contribution >= 0.6 is 0 Å². The van der Waals surface area contributed by atoms with Gasteiger partial charge in [-0.05, 0) is 31.8 Å². The number of fused-ring (bicyclic) bond motifs is 1. The normalized spacial score (nSPS) is 16.6. The van der Waals surface area contributed by atoms with Crippen molar-refractivity contribution in [1.82, 2.24) is 20.5 Å². The van der Waals surface area contributed by atoms with Gasteiger partial charge >= 0.3 is 6.03 Å². The summed E-state index contributed by atoms with van der Waals surface area (Å²) in [6.07, 6.45) is 15.4. The van der Waals surface area contributed by atoms with E-state index in [2.05, 4.69) is 45.4 Å². The third kappa shape index (κ3) is 4.68. The fourth-order valence-electron chi connectivity index (χ4n) is 3.66. The third-order valence-corrected chi connectivity index (χ3v) is 5.22. The van der Waals surface area contributed by atoms with E-state index in [0.717, 1.165) is 22.9 Å². The van der Waals surface area contributed by atoms with Crippen molar-refractivity contribution in [2.24, 2.45) is 0 Å². The summed E-state index contributed by atoms with van der Waals surface area (Å²) in [6, 6.07) is 1.34. The van der Waals surface area contributed by atoms with Crippen molar-refractivity contribution in [3.63, 3.8) is 0 Å². The van der Waals surface area contributed by atoms with Crippen LogP contribution in [0.4, 0.5) is 10.6 Å². The van der Waals surface area contributed by atoms with Crippen molar-refractivity contribution in [3.05, 3.63) is 54.4 Å². The first-order chi connectivity index (χ1) is 13.6. The van der Waals surface area contributed by atoms with E-state index in [1.165, 1.54) is 31.4 Å². The number of nitrogens with one attached hydrogen (secondary N) is 3. The Labute approximate surface area is 166 Å². The summed E-state index contributed by atoms with van der Waals surface area (Å²) < 4.78 is 0. The number of aromatic amines is 1. The predicted molar refractivity (Wildman–Crippen MR) is 114 cm³/mol. The highest BCUT2D eigenvalue weighted by Gasteiger charge is 2.21. The highest BCUT2D eigenvalue weighted by Crippen LogP contribution is 2.36. The average molecular weight is 380 g/mol. The number of allylic oxidation sites excluding steroid dienone is 3. The maximum Gasteiger partial charge on any atom is 0.320 e. The number of hydrogen-bond acceptors (Lipinski definition) is 3. The monoisotopic (exact) mass is 379 g/mol. The van der Waals surface area contributed by atoms with Crippen LogP contribution in [0.5, 0.6) is 0 Å². The Hall–Kier alpha value is -2.89. The number of hydrogen-bond donors (Lipinski definition) is 3. The van der Waals surface area contributed by atoms with Crippen LogP contribution in [0.3, 0.4) is 0 Å². The van der Waals surface area contributed by atoms with Crippen LogP contribution < -0.4 is 10.6 Å². The SMILES string of the molecule is C=CC(=CC=CCC)C(C)NC(=O)Nc1cc2n[nH]c(C3CCCC3)c2cn1. The standard InChI is InChI=1S/C22H29N5O/c1-4-6-7-10-16(5-2)15(3)24-22(28)25-20-13-19-18(14-23-20)21(27-26-19)17-11-8-9-12-17/h5-7,10,13-15,17H,2,4,8-9,11-12H2,1,3H3,(H,26,27)(H2,23,24,25,28). The van der Waals surface area contributed by atoms with Gasteiger partial charge in [0, 0.05) is 29.3 Å². The quantitative estimate of drug-likeness (QED) is 0.578. The Morgan fingerprint density at radius 3 is 2.93 bits per heavy atom. The summed E-state index contributed by atoms with van der Waals surface area (Å²) in [5.74, 6) is 1.03. The largest absolute Gasteiger partial charge is 0.331 e. The highest BCUT2D eigenvalue weighted by molar-refractivity contribution is 5.91. The van der Waals surface area contributed by atoms with Crippen LogP contribution in [-0.4, -0.2) is 27.3 Å². The van der Waals surface area contributed by atoms with Gasteiger partial charge < -0.3 is 5.32 Å². The minimum absolute atomic E-state index is 0.165. The number of amides is 2. The van der Waals surface area contributed by atoms with E-state index in [1.807, 2.05) is 25.1 Å². The minimum Gasteiger partial charge on any atom is -0.331 e. The molecule has 1 saturated carbocycles. The van der Waals surface area contributed by atoms with Gasteiger partial charge in [0.05, 0.1) is 11.6 Å². The summed E-state index contributed by atoms with van der Waals surface area (Å²) in [4.78, 5) is 16.8. The van der Waals surface area contributed by atoms with Gasteiger partial charge in [0.15, 0.2) is 0 Å². The predicted octanol–water partition coefficient (Wildman–Crippen LogP) is 5.20. The summed E-state index contributed by atoms with van der Waals surface area (Å²) in [5, 5.41) is 14.3. The van der Waals surface area contributed by atoms with Gasteiger partial charge in [-0.3, -0.25) is 10.4 Å². The number of urea groups is 1. The van der Waals surface area contributed by atoms with Crippen molar-refractivity contribution in [2.45, 2.75) is 57.9 Å². The first kappa shape index (κ1) is 19.9. The molecule has 0 aromatic carbocycles. The molecule has 3 N–H and O–H groups in total. The third-order valence-electron chi connectivity index (χ3n) is 5.22. The molecule has 1 atom stereocenters. The van der Waals surface area contributed by atoms with E-state index in [4.69, 9.17) is 0 Å². The second-order valence-electron chi connectivity index (χ2n) is 7.23. The lowest BCUT2D eigenvalue weighted by atomic mass is 10.0. The number of nitrogens with zero attached hydrogens (tertiary/aromatic N) is 2. The highest BCUT2D eigenvalue weighted by atomic mass is 16.2. The molecule has 0 spiro atoms. The van der Waals surface area contributed by atoms with Crippen molar-refractivity contribution >= 4 is 22.8 Å². The molecule has 1 fully saturated rings. The van der Waals surface area contributed by atoms with E-state index >= 15 is 0 Å². The van der Waals surface area contributed by atoms with Gasteiger partial charge in [0.2, 0.25) is 0 Å². The molecule has 2 aromatic rings. The fourth-order valence-corrected chi connectivity index (χ4v) is 3.66. The Morgan fingerprint density at radius 1 is 1.43 bits per heavy atom. The second-order valence-corrected chi connectivity index (χ2v) is 7.23. The number of H-pyrrole nitrogens is 1. The topological polar surface area (TPSA) is 82.7 Å². The molecule has 28 heavy (non-hydrogen) atoms. The molecule has 1 aliphatic carbocycles. The molecule has 1 aliphatic rings. The zero-order valence-corrected chi connectivity index (χ0v) is 16.7. The van der Waals surface area contributed by atoms with Crippen LogP contribution in [0.1, 0.15) is 57.6 Å². The number of carbonyl (C=O) groups excluding carboxylic acids is 1. The van der Waals surface area contributed by atoms with Crippen molar-refractivity contribution in [2.75, 3.05) is 5.32 Å². The Morgan fingerprint density at radius 2 is 2.21 bits per heavy atom. The Bertz CT molecular complexity index is 889. The van der Waals surface area contributed by atoms with Crippen molar-refractivity contribution in [3.8, 4) is 0 Å². The lowest BCUT2D eigenvalue weighted by Gasteiger charge is -2.15. The molecule has 3 rings (SSSR count). The van der Waals surface area contributed by atoms with Gasteiger partial charge in [-0.25, -0.2) is 9.78 Å². The Balaban J connectivity index is 1.65. The fraction of sp³-hybridized carbons (Fsp3) is 0.409. The Kier molecular flexibility index (Phi) is 6.63. The molecule has 2 amide bonds. The van der Waals surface area contributed by atoms with E-state index in [1.54, 1.807) is 12.3 Å². The first-order valence-corrected chi connectivity index (χ1v) is 10.0. The molecule has 2 heterocycles.